The number of rotatable bonds is 3. The summed E-state index contributed by atoms with van der Waals surface area (Å²) in [5, 5.41) is 12.3. The van der Waals surface area contributed by atoms with Gasteiger partial charge in [-0.15, -0.1) is 0 Å². The van der Waals surface area contributed by atoms with Gasteiger partial charge >= 0.3 is 0 Å². The van der Waals surface area contributed by atoms with Crippen molar-refractivity contribution in [3.05, 3.63) is 65.7 Å². The van der Waals surface area contributed by atoms with Crippen molar-refractivity contribution in [1.29, 1.82) is 0 Å². The first-order chi connectivity index (χ1) is 8.66. The van der Waals surface area contributed by atoms with Crippen LogP contribution >= 0.6 is 0 Å². The van der Waals surface area contributed by atoms with E-state index in [0.29, 0.717) is 11.3 Å². The van der Waals surface area contributed by atoms with Gasteiger partial charge in [0, 0.05) is 11.3 Å². The van der Waals surface area contributed by atoms with Crippen LogP contribution in [0.15, 0.2) is 54.6 Å². The zero-order valence-electron chi connectivity index (χ0n) is 10.1. The molecule has 0 spiro atoms. The molecule has 0 aliphatic rings. The van der Waals surface area contributed by atoms with E-state index in [4.69, 9.17) is 0 Å². The van der Waals surface area contributed by atoms with Crippen LogP contribution < -0.4 is 5.32 Å². The molecule has 3 nitrogen and oxygen atoms in total. The highest BCUT2D eigenvalue weighted by Gasteiger charge is 2.06. The molecule has 2 rings (SSSR count). The lowest BCUT2D eigenvalue weighted by molar-refractivity contribution is 0.102. The Balaban J connectivity index is 2.15. The second kappa shape index (κ2) is 5.47. The predicted molar refractivity (Wildman–Crippen MR) is 71.5 cm³/mol. The standard InChI is InChI=1S/C15H15NO2/c1-11(17)13-8-5-9-14(10-13)16-15(18)12-6-3-2-4-7-12/h2-11,17H,1H3,(H,16,18)/t11-/m1/s1. The maximum absolute atomic E-state index is 11.9. The molecular formula is C15H15NO2. The minimum absolute atomic E-state index is 0.154. The van der Waals surface area contributed by atoms with E-state index in [-0.39, 0.29) is 5.91 Å². The van der Waals surface area contributed by atoms with E-state index in [1.165, 1.54) is 0 Å². The van der Waals surface area contributed by atoms with Gasteiger partial charge in [0.15, 0.2) is 0 Å². The summed E-state index contributed by atoms with van der Waals surface area (Å²) in [5.74, 6) is -0.154. The quantitative estimate of drug-likeness (QED) is 0.867. The zero-order valence-corrected chi connectivity index (χ0v) is 10.1. The molecule has 1 amide bonds. The Bertz CT molecular complexity index is 535. The van der Waals surface area contributed by atoms with Crippen molar-refractivity contribution >= 4 is 11.6 Å². The molecule has 0 saturated carbocycles. The Kier molecular flexibility index (Phi) is 3.75. The van der Waals surface area contributed by atoms with E-state index in [9.17, 15) is 9.90 Å². The van der Waals surface area contributed by atoms with Crippen molar-refractivity contribution in [2.45, 2.75) is 13.0 Å². The Morgan fingerprint density at radius 1 is 1.11 bits per heavy atom. The van der Waals surface area contributed by atoms with Crippen molar-refractivity contribution in [3.63, 3.8) is 0 Å². The van der Waals surface area contributed by atoms with Crippen LogP contribution in [0.2, 0.25) is 0 Å². The van der Waals surface area contributed by atoms with Gasteiger partial charge in [-0.2, -0.15) is 0 Å². The SMILES string of the molecule is C[C@@H](O)c1cccc(NC(=O)c2ccccc2)c1. The summed E-state index contributed by atoms with van der Waals surface area (Å²) in [4.78, 5) is 11.9. The lowest BCUT2D eigenvalue weighted by Gasteiger charge is -2.09. The van der Waals surface area contributed by atoms with Crippen LogP contribution in [-0.2, 0) is 0 Å². The molecule has 0 fully saturated rings. The molecule has 0 bridgehead atoms. The first-order valence-corrected chi connectivity index (χ1v) is 5.81. The third kappa shape index (κ3) is 2.96. The normalized spacial score (nSPS) is 11.9. The van der Waals surface area contributed by atoms with Crippen LogP contribution in [0.5, 0.6) is 0 Å². The van der Waals surface area contributed by atoms with Gasteiger partial charge in [-0.3, -0.25) is 4.79 Å². The van der Waals surface area contributed by atoms with E-state index in [1.807, 2.05) is 30.3 Å². The summed E-state index contributed by atoms with van der Waals surface area (Å²) < 4.78 is 0. The number of benzene rings is 2. The number of aliphatic hydroxyl groups excluding tert-OH is 1. The molecule has 0 saturated heterocycles. The van der Waals surface area contributed by atoms with Gasteiger partial charge in [0.25, 0.3) is 5.91 Å². The van der Waals surface area contributed by atoms with Crippen molar-refractivity contribution in [1.82, 2.24) is 0 Å². The van der Waals surface area contributed by atoms with Crippen LogP contribution in [0, 0.1) is 0 Å². The van der Waals surface area contributed by atoms with Crippen LogP contribution in [0.25, 0.3) is 0 Å². The highest BCUT2D eigenvalue weighted by atomic mass is 16.3. The summed E-state index contributed by atoms with van der Waals surface area (Å²) in [6.45, 7) is 1.69. The topological polar surface area (TPSA) is 49.3 Å². The number of hydrogen-bond donors (Lipinski definition) is 2. The molecule has 0 aliphatic heterocycles. The van der Waals surface area contributed by atoms with E-state index in [2.05, 4.69) is 5.32 Å². The van der Waals surface area contributed by atoms with Gasteiger partial charge in [0.2, 0.25) is 0 Å². The minimum Gasteiger partial charge on any atom is -0.389 e. The van der Waals surface area contributed by atoms with Gasteiger partial charge < -0.3 is 10.4 Å². The molecule has 0 aromatic heterocycles. The number of amides is 1. The van der Waals surface area contributed by atoms with Crippen LogP contribution in [-0.4, -0.2) is 11.0 Å². The van der Waals surface area contributed by atoms with Crippen molar-refractivity contribution in [2.75, 3.05) is 5.32 Å². The van der Waals surface area contributed by atoms with E-state index in [1.54, 1.807) is 31.2 Å². The molecule has 2 aromatic rings. The Labute approximate surface area is 106 Å². The Morgan fingerprint density at radius 3 is 2.50 bits per heavy atom. The van der Waals surface area contributed by atoms with E-state index >= 15 is 0 Å². The maximum Gasteiger partial charge on any atom is 0.255 e. The average Bonchev–Trinajstić information content (AvgIpc) is 2.40. The number of carbonyl (C=O) groups excluding carboxylic acids is 1. The Hall–Kier alpha value is -2.13. The van der Waals surface area contributed by atoms with Crippen LogP contribution in [0.1, 0.15) is 28.9 Å². The molecule has 2 N–H and O–H groups in total. The monoisotopic (exact) mass is 241 g/mol. The Morgan fingerprint density at radius 2 is 1.83 bits per heavy atom. The lowest BCUT2D eigenvalue weighted by atomic mass is 10.1. The third-order valence-electron chi connectivity index (χ3n) is 2.66. The van der Waals surface area contributed by atoms with Gasteiger partial charge in [0.05, 0.1) is 6.10 Å². The van der Waals surface area contributed by atoms with E-state index < -0.39 is 6.10 Å². The first kappa shape index (κ1) is 12.3. The number of anilines is 1. The van der Waals surface area contributed by atoms with Gasteiger partial charge in [-0.05, 0) is 36.8 Å². The fraction of sp³-hybridized carbons (Fsp3) is 0.133. The number of nitrogens with one attached hydrogen (secondary N) is 1. The maximum atomic E-state index is 11.9. The van der Waals surface area contributed by atoms with Gasteiger partial charge in [-0.1, -0.05) is 30.3 Å². The molecule has 0 aliphatic carbocycles. The van der Waals surface area contributed by atoms with Crippen molar-refractivity contribution in [2.24, 2.45) is 0 Å². The van der Waals surface area contributed by atoms with Crippen molar-refractivity contribution in [3.8, 4) is 0 Å². The van der Waals surface area contributed by atoms with Gasteiger partial charge in [-0.25, -0.2) is 0 Å². The summed E-state index contributed by atoms with van der Waals surface area (Å²) >= 11 is 0. The largest absolute Gasteiger partial charge is 0.389 e. The summed E-state index contributed by atoms with van der Waals surface area (Å²) in [7, 11) is 0. The fourth-order valence-corrected chi connectivity index (χ4v) is 1.67. The predicted octanol–water partition coefficient (Wildman–Crippen LogP) is 2.99. The third-order valence-corrected chi connectivity index (χ3v) is 2.66. The molecule has 92 valence electrons. The first-order valence-electron chi connectivity index (χ1n) is 5.81. The molecule has 18 heavy (non-hydrogen) atoms. The molecule has 0 radical (unpaired) electrons. The molecule has 2 aromatic carbocycles. The molecular weight excluding hydrogens is 226 g/mol. The molecule has 3 heteroatoms. The summed E-state index contributed by atoms with van der Waals surface area (Å²) in [5.41, 5.74) is 2.07. The lowest BCUT2D eigenvalue weighted by Crippen LogP contribution is -2.11. The van der Waals surface area contributed by atoms with Crippen LogP contribution in [0.4, 0.5) is 5.69 Å². The number of carbonyl (C=O) groups is 1. The summed E-state index contributed by atoms with van der Waals surface area (Å²) in [6.07, 6.45) is -0.543. The van der Waals surface area contributed by atoms with E-state index in [0.717, 1.165) is 5.56 Å². The molecule has 0 unspecified atom stereocenters. The average molecular weight is 241 g/mol. The number of hydrogen-bond acceptors (Lipinski definition) is 2. The smallest absolute Gasteiger partial charge is 0.255 e. The van der Waals surface area contributed by atoms with Crippen LogP contribution in [0.3, 0.4) is 0 Å². The van der Waals surface area contributed by atoms with Crippen molar-refractivity contribution < 1.29 is 9.90 Å². The van der Waals surface area contributed by atoms with Gasteiger partial charge in [0.1, 0.15) is 0 Å². The second-order valence-corrected chi connectivity index (χ2v) is 4.12. The second-order valence-electron chi connectivity index (χ2n) is 4.12. The zero-order chi connectivity index (χ0) is 13.0. The number of aliphatic hydroxyl groups is 1. The molecule has 1 atom stereocenters. The minimum atomic E-state index is -0.543. The highest BCUT2D eigenvalue weighted by Crippen LogP contribution is 2.17. The highest BCUT2D eigenvalue weighted by molar-refractivity contribution is 6.04. The fourth-order valence-electron chi connectivity index (χ4n) is 1.67. The molecule has 0 heterocycles. The summed E-state index contributed by atoms with van der Waals surface area (Å²) in [6, 6.07) is 16.2.